The Hall–Kier alpha value is -3.48. The quantitative estimate of drug-likeness (QED) is 0.483. The number of hydrogen-bond donors (Lipinski definition) is 0. The van der Waals surface area contributed by atoms with Crippen molar-refractivity contribution in [3.8, 4) is 22.9 Å². The zero-order chi connectivity index (χ0) is 22.3. The summed E-state index contributed by atoms with van der Waals surface area (Å²) in [6, 6.07) is 9.64. The van der Waals surface area contributed by atoms with Gasteiger partial charge in [-0.1, -0.05) is 26.8 Å². The van der Waals surface area contributed by atoms with Crippen molar-refractivity contribution < 1.29 is 4.74 Å². The van der Waals surface area contributed by atoms with E-state index in [9.17, 15) is 4.79 Å². The Morgan fingerprint density at radius 1 is 0.968 bits per heavy atom. The van der Waals surface area contributed by atoms with Crippen LogP contribution in [-0.2, 0) is 13.6 Å². The summed E-state index contributed by atoms with van der Waals surface area (Å²) in [4.78, 5) is 26.1. The van der Waals surface area contributed by atoms with Gasteiger partial charge < -0.3 is 4.74 Å². The lowest BCUT2D eigenvalue weighted by Gasteiger charge is -2.18. The highest BCUT2D eigenvalue weighted by atomic mass is 16.5. The van der Waals surface area contributed by atoms with E-state index >= 15 is 0 Å². The van der Waals surface area contributed by atoms with Gasteiger partial charge in [-0.2, -0.15) is 0 Å². The van der Waals surface area contributed by atoms with Gasteiger partial charge in [-0.15, -0.1) is 0 Å². The highest BCUT2D eigenvalue weighted by molar-refractivity contribution is 5.82. The van der Waals surface area contributed by atoms with E-state index in [1.165, 1.54) is 0 Å². The van der Waals surface area contributed by atoms with Gasteiger partial charge in [0.05, 0.1) is 29.1 Å². The molecule has 0 unspecified atom stereocenters. The zero-order valence-corrected chi connectivity index (χ0v) is 18.8. The minimum absolute atomic E-state index is 0.00239. The van der Waals surface area contributed by atoms with Crippen LogP contribution in [0, 0.1) is 19.3 Å². The van der Waals surface area contributed by atoms with E-state index in [1.54, 1.807) is 24.0 Å². The summed E-state index contributed by atoms with van der Waals surface area (Å²) in [7, 11) is 1.80. The van der Waals surface area contributed by atoms with E-state index in [0.717, 1.165) is 28.0 Å². The average molecular weight is 418 g/mol. The van der Waals surface area contributed by atoms with Crippen molar-refractivity contribution in [2.45, 2.75) is 41.2 Å². The summed E-state index contributed by atoms with van der Waals surface area (Å²) >= 11 is 0. The van der Waals surface area contributed by atoms with Crippen molar-refractivity contribution in [3.05, 3.63) is 64.6 Å². The zero-order valence-electron chi connectivity index (χ0n) is 18.8. The van der Waals surface area contributed by atoms with Crippen molar-refractivity contribution in [1.29, 1.82) is 0 Å². The number of benzene rings is 1. The number of aromatic nitrogens is 5. The van der Waals surface area contributed by atoms with E-state index in [1.807, 2.05) is 48.7 Å². The third-order valence-electron chi connectivity index (χ3n) is 4.96. The SMILES string of the molecule is Cc1cc(Oc2cncc(-c3ccc4c(c3)n(C)c(=O)n4CC(C)(C)C)n2)cc(C)n1. The molecule has 4 rings (SSSR count). The van der Waals surface area contributed by atoms with Crippen molar-refractivity contribution in [2.75, 3.05) is 0 Å². The van der Waals surface area contributed by atoms with Crippen molar-refractivity contribution in [2.24, 2.45) is 12.5 Å². The lowest BCUT2D eigenvalue weighted by atomic mass is 9.97. The molecule has 3 heterocycles. The number of rotatable bonds is 4. The van der Waals surface area contributed by atoms with E-state index < -0.39 is 0 Å². The van der Waals surface area contributed by atoms with Crippen LogP contribution >= 0.6 is 0 Å². The molecule has 7 heteroatoms. The Bertz CT molecular complexity index is 1310. The Morgan fingerprint density at radius 3 is 2.35 bits per heavy atom. The topological polar surface area (TPSA) is 74.8 Å². The molecule has 3 aromatic heterocycles. The number of nitrogens with zero attached hydrogens (tertiary/aromatic N) is 5. The Balaban J connectivity index is 1.71. The van der Waals surface area contributed by atoms with Crippen LogP contribution in [0.1, 0.15) is 32.2 Å². The molecule has 4 aromatic rings. The van der Waals surface area contributed by atoms with Crippen LogP contribution in [0.2, 0.25) is 0 Å². The largest absolute Gasteiger partial charge is 0.437 e. The first-order valence-electron chi connectivity index (χ1n) is 10.3. The maximum Gasteiger partial charge on any atom is 0.328 e. The number of ether oxygens (including phenoxy) is 1. The van der Waals surface area contributed by atoms with Gasteiger partial charge in [0.25, 0.3) is 0 Å². The van der Waals surface area contributed by atoms with Crippen LogP contribution < -0.4 is 10.4 Å². The maximum atomic E-state index is 12.8. The molecular weight excluding hydrogens is 390 g/mol. The monoisotopic (exact) mass is 417 g/mol. The number of aryl methyl sites for hydroxylation is 3. The number of fused-ring (bicyclic) bond motifs is 1. The summed E-state index contributed by atoms with van der Waals surface area (Å²) in [5.74, 6) is 1.08. The first-order valence-corrected chi connectivity index (χ1v) is 10.3. The first kappa shape index (κ1) is 20.8. The molecule has 0 saturated carbocycles. The summed E-state index contributed by atoms with van der Waals surface area (Å²) in [6.07, 6.45) is 3.28. The van der Waals surface area contributed by atoms with Gasteiger partial charge in [0, 0.05) is 42.7 Å². The molecular formula is C24H27N5O2. The highest BCUT2D eigenvalue weighted by Gasteiger charge is 2.18. The van der Waals surface area contributed by atoms with Crippen LogP contribution in [0.4, 0.5) is 0 Å². The first-order chi connectivity index (χ1) is 14.6. The molecule has 0 fully saturated rings. The van der Waals surface area contributed by atoms with Gasteiger partial charge in [0.1, 0.15) is 5.75 Å². The van der Waals surface area contributed by atoms with E-state index in [-0.39, 0.29) is 11.1 Å². The normalized spacial score (nSPS) is 11.8. The Kier molecular flexibility index (Phi) is 5.13. The molecule has 0 aliphatic rings. The van der Waals surface area contributed by atoms with Gasteiger partial charge >= 0.3 is 5.69 Å². The second kappa shape index (κ2) is 7.65. The third kappa shape index (κ3) is 4.35. The molecule has 0 radical (unpaired) electrons. The summed E-state index contributed by atoms with van der Waals surface area (Å²) in [6.45, 7) is 10.9. The Morgan fingerprint density at radius 2 is 1.68 bits per heavy atom. The second-order valence-corrected chi connectivity index (χ2v) is 9.12. The van der Waals surface area contributed by atoms with Crippen LogP contribution in [0.15, 0.2) is 47.5 Å². The predicted octanol–water partition coefficient (Wildman–Crippen LogP) is 4.65. The standard InChI is InChI=1S/C24H27N5O2/c1-15-9-18(10-16(2)26-15)31-22-13-25-12-19(27-22)17-7-8-20-21(11-17)28(6)23(30)29(20)14-24(3,4)5/h7-13H,14H2,1-6H3. The van der Waals surface area contributed by atoms with Gasteiger partial charge in [-0.05, 0) is 31.4 Å². The smallest absolute Gasteiger partial charge is 0.328 e. The Labute approximate surface area is 181 Å². The average Bonchev–Trinajstić information content (AvgIpc) is 2.91. The molecule has 31 heavy (non-hydrogen) atoms. The molecule has 0 bridgehead atoms. The minimum atomic E-state index is -0.0198. The molecule has 1 aromatic carbocycles. The van der Waals surface area contributed by atoms with Crippen molar-refractivity contribution >= 4 is 11.0 Å². The summed E-state index contributed by atoms with van der Waals surface area (Å²) in [5, 5.41) is 0. The molecule has 160 valence electrons. The molecule has 0 N–H and O–H groups in total. The van der Waals surface area contributed by atoms with Gasteiger partial charge in [-0.25, -0.2) is 9.78 Å². The van der Waals surface area contributed by atoms with E-state index in [4.69, 9.17) is 4.74 Å². The van der Waals surface area contributed by atoms with Crippen molar-refractivity contribution in [1.82, 2.24) is 24.1 Å². The van der Waals surface area contributed by atoms with E-state index in [0.29, 0.717) is 23.9 Å². The summed E-state index contributed by atoms with van der Waals surface area (Å²) in [5.41, 5.74) is 5.06. The molecule has 0 spiro atoms. The fourth-order valence-electron chi connectivity index (χ4n) is 3.71. The third-order valence-corrected chi connectivity index (χ3v) is 4.96. The van der Waals surface area contributed by atoms with Crippen LogP contribution in [-0.4, -0.2) is 24.1 Å². The van der Waals surface area contributed by atoms with Crippen LogP contribution in [0.25, 0.3) is 22.3 Å². The van der Waals surface area contributed by atoms with E-state index in [2.05, 4.69) is 35.7 Å². The van der Waals surface area contributed by atoms with Gasteiger partial charge in [-0.3, -0.25) is 19.1 Å². The van der Waals surface area contributed by atoms with Crippen LogP contribution in [0.5, 0.6) is 11.6 Å². The molecule has 0 amide bonds. The number of imidazole rings is 1. The molecule has 0 aliphatic heterocycles. The molecule has 0 saturated heterocycles. The van der Waals surface area contributed by atoms with Crippen molar-refractivity contribution in [3.63, 3.8) is 0 Å². The van der Waals surface area contributed by atoms with Gasteiger partial charge in [0.15, 0.2) is 0 Å². The van der Waals surface area contributed by atoms with Gasteiger partial charge in [0.2, 0.25) is 5.88 Å². The summed E-state index contributed by atoms with van der Waals surface area (Å²) < 4.78 is 9.43. The fraction of sp³-hybridized carbons (Fsp3) is 0.333. The number of pyridine rings is 1. The highest BCUT2D eigenvalue weighted by Crippen LogP contribution is 2.27. The maximum absolute atomic E-state index is 12.8. The lowest BCUT2D eigenvalue weighted by molar-refractivity contribution is 0.342. The molecule has 0 atom stereocenters. The molecule has 7 nitrogen and oxygen atoms in total. The van der Waals surface area contributed by atoms with Crippen LogP contribution in [0.3, 0.4) is 0 Å². The second-order valence-electron chi connectivity index (χ2n) is 9.12. The minimum Gasteiger partial charge on any atom is -0.437 e. The number of hydrogen-bond acceptors (Lipinski definition) is 5. The fourth-order valence-corrected chi connectivity index (χ4v) is 3.71. The predicted molar refractivity (Wildman–Crippen MR) is 121 cm³/mol. The molecule has 0 aliphatic carbocycles. The lowest BCUT2D eigenvalue weighted by Crippen LogP contribution is -2.27.